The molecule has 0 aliphatic carbocycles. The van der Waals surface area contributed by atoms with Crippen LogP contribution < -0.4 is 20.6 Å². The van der Waals surface area contributed by atoms with Gasteiger partial charge in [0.2, 0.25) is 5.95 Å². The van der Waals surface area contributed by atoms with Gasteiger partial charge < -0.3 is 14.6 Å². The number of rotatable bonds is 8. The topological polar surface area (TPSA) is 134 Å². The van der Waals surface area contributed by atoms with E-state index in [0.29, 0.717) is 28.0 Å². The lowest BCUT2D eigenvalue weighted by Crippen LogP contribution is -2.22. The first kappa shape index (κ1) is 25.8. The van der Waals surface area contributed by atoms with E-state index in [2.05, 4.69) is 24.9 Å². The largest absolute Gasteiger partial charge is 0.422 e. The van der Waals surface area contributed by atoms with Crippen LogP contribution >= 0.6 is 0 Å². The zero-order valence-corrected chi connectivity index (χ0v) is 21.7. The van der Waals surface area contributed by atoms with E-state index in [1.54, 1.807) is 32.0 Å². The molecule has 2 aromatic heterocycles. The molecule has 0 radical (unpaired) electrons. The Hall–Kier alpha value is -4.25. The normalized spacial score (nSPS) is 11.4. The molecule has 0 aliphatic heterocycles. The van der Waals surface area contributed by atoms with Crippen LogP contribution in [0.4, 0.5) is 17.3 Å². The second kappa shape index (κ2) is 10.4. The molecule has 4 rings (SSSR count). The van der Waals surface area contributed by atoms with E-state index in [4.69, 9.17) is 4.42 Å². The first-order valence-corrected chi connectivity index (χ1v) is 13.2. The summed E-state index contributed by atoms with van der Waals surface area (Å²) in [4.78, 5) is 35.6. The Labute approximate surface area is 214 Å². The molecule has 10 nitrogen and oxygen atoms in total. The van der Waals surface area contributed by atoms with E-state index in [1.165, 1.54) is 30.3 Å². The number of aromatic nitrogens is 2. The fourth-order valence-electron chi connectivity index (χ4n) is 3.91. The highest BCUT2D eigenvalue weighted by Crippen LogP contribution is 2.23. The summed E-state index contributed by atoms with van der Waals surface area (Å²) in [6, 6.07) is 14.2. The zero-order chi connectivity index (χ0) is 26.7. The van der Waals surface area contributed by atoms with Gasteiger partial charge in [0.15, 0.2) is 0 Å². The van der Waals surface area contributed by atoms with Gasteiger partial charge in [-0.3, -0.25) is 4.79 Å². The summed E-state index contributed by atoms with van der Waals surface area (Å²) < 4.78 is 33.2. The van der Waals surface area contributed by atoms with Crippen LogP contribution in [0.5, 0.6) is 0 Å². The average Bonchev–Trinajstić information content (AvgIpc) is 2.83. The third kappa shape index (κ3) is 5.78. The minimum atomic E-state index is -3.95. The van der Waals surface area contributed by atoms with Gasteiger partial charge in [-0.2, -0.15) is 0 Å². The summed E-state index contributed by atoms with van der Waals surface area (Å²) in [7, 11) is -3.95. The van der Waals surface area contributed by atoms with E-state index in [9.17, 15) is 18.0 Å². The van der Waals surface area contributed by atoms with Crippen molar-refractivity contribution in [1.82, 2.24) is 9.97 Å². The third-order valence-corrected chi connectivity index (χ3v) is 7.07. The predicted molar refractivity (Wildman–Crippen MR) is 143 cm³/mol. The van der Waals surface area contributed by atoms with E-state index in [-0.39, 0.29) is 16.4 Å². The molecule has 0 aliphatic rings. The van der Waals surface area contributed by atoms with E-state index in [0.717, 1.165) is 18.8 Å². The van der Waals surface area contributed by atoms with Gasteiger partial charge in [-0.25, -0.2) is 27.9 Å². The van der Waals surface area contributed by atoms with Crippen LogP contribution in [0.1, 0.15) is 35.6 Å². The summed E-state index contributed by atoms with van der Waals surface area (Å²) in [5.41, 5.74) is 1.96. The molecule has 0 spiro atoms. The van der Waals surface area contributed by atoms with Crippen LogP contribution in [0.15, 0.2) is 68.7 Å². The van der Waals surface area contributed by atoms with Crippen molar-refractivity contribution in [3.05, 3.63) is 82.0 Å². The number of anilines is 3. The van der Waals surface area contributed by atoms with Crippen LogP contribution in [0.2, 0.25) is 0 Å². The molecule has 2 aromatic carbocycles. The quantitative estimate of drug-likeness (QED) is 0.331. The minimum absolute atomic E-state index is 0.0258. The number of hydrogen-bond donors (Lipinski definition) is 2. The first-order valence-electron chi connectivity index (χ1n) is 11.7. The van der Waals surface area contributed by atoms with Gasteiger partial charge in [-0.15, -0.1) is 0 Å². The van der Waals surface area contributed by atoms with Gasteiger partial charge >= 0.3 is 5.63 Å². The molecule has 192 valence electrons. The van der Waals surface area contributed by atoms with Crippen molar-refractivity contribution in [2.24, 2.45) is 0 Å². The van der Waals surface area contributed by atoms with Crippen molar-refractivity contribution >= 4 is 44.2 Å². The van der Waals surface area contributed by atoms with Gasteiger partial charge in [0.25, 0.3) is 15.9 Å². The van der Waals surface area contributed by atoms with Crippen LogP contribution in [0, 0.1) is 13.8 Å². The van der Waals surface area contributed by atoms with Crippen LogP contribution in [-0.2, 0) is 10.0 Å². The Balaban J connectivity index is 1.52. The highest BCUT2D eigenvalue weighted by Gasteiger charge is 2.18. The van der Waals surface area contributed by atoms with Crippen molar-refractivity contribution in [2.75, 3.05) is 28.0 Å². The number of amides is 1. The molecule has 2 heterocycles. The van der Waals surface area contributed by atoms with Crippen LogP contribution in [0.3, 0.4) is 0 Å². The lowest BCUT2D eigenvalue weighted by atomic mass is 10.1. The summed E-state index contributed by atoms with van der Waals surface area (Å²) in [6.45, 7) is 9.17. The Morgan fingerprint density at radius 3 is 2.22 bits per heavy atom. The molecule has 0 bridgehead atoms. The number of carbonyl (C=O) groups is 1. The fourth-order valence-corrected chi connectivity index (χ4v) is 4.85. The Kier molecular flexibility index (Phi) is 7.25. The summed E-state index contributed by atoms with van der Waals surface area (Å²) in [5, 5.41) is 3.22. The molecule has 0 unspecified atom stereocenters. The Morgan fingerprint density at radius 2 is 1.59 bits per heavy atom. The molecular formula is C26H27N5O5S. The molecule has 2 N–H and O–H groups in total. The van der Waals surface area contributed by atoms with Gasteiger partial charge in [-0.1, -0.05) is 0 Å². The molecule has 11 heteroatoms. The predicted octanol–water partition coefficient (Wildman–Crippen LogP) is 4.10. The van der Waals surface area contributed by atoms with Crippen molar-refractivity contribution in [1.29, 1.82) is 0 Å². The first-order chi connectivity index (χ1) is 17.6. The highest BCUT2D eigenvalue weighted by molar-refractivity contribution is 7.92. The number of nitrogens with zero attached hydrogens (tertiary/aromatic N) is 3. The fraction of sp³-hybridized carbons (Fsp3) is 0.231. The van der Waals surface area contributed by atoms with E-state index >= 15 is 0 Å². The van der Waals surface area contributed by atoms with Gasteiger partial charge in [0.05, 0.1) is 4.90 Å². The molecular weight excluding hydrogens is 494 g/mol. The number of carbonyl (C=O) groups excluding carboxylic acids is 1. The van der Waals surface area contributed by atoms with Gasteiger partial charge in [0, 0.05) is 47.3 Å². The highest BCUT2D eigenvalue weighted by atomic mass is 32.2. The maximum absolute atomic E-state index is 12.8. The lowest BCUT2D eigenvalue weighted by molar-refractivity contribution is 0.102. The molecule has 0 fully saturated rings. The number of benzene rings is 2. The molecule has 0 saturated heterocycles. The second-order valence-corrected chi connectivity index (χ2v) is 10.1. The SMILES string of the molecule is CCN(CC)c1ccc2cc(C(=O)Nc3ccc(S(=O)(=O)Nc4nc(C)cc(C)n4)cc3)c(=O)oc2c1. The smallest absolute Gasteiger partial charge is 0.349 e. The van der Waals surface area contributed by atoms with E-state index in [1.807, 2.05) is 19.9 Å². The van der Waals surface area contributed by atoms with Crippen molar-refractivity contribution in [3.8, 4) is 0 Å². The van der Waals surface area contributed by atoms with Crippen LogP contribution in [-0.4, -0.2) is 37.4 Å². The summed E-state index contributed by atoms with van der Waals surface area (Å²) in [5.74, 6) is -0.692. The number of fused-ring (bicyclic) bond motifs is 1. The summed E-state index contributed by atoms with van der Waals surface area (Å²) >= 11 is 0. The van der Waals surface area contributed by atoms with Crippen molar-refractivity contribution in [2.45, 2.75) is 32.6 Å². The third-order valence-electron chi connectivity index (χ3n) is 5.72. The lowest BCUT2D eigenvalue weighted by Gasteiger charge is -2.21. The molecule has 4 aromatic rings. The minimum Gasteiger partial charge on any atom is -0.422 e. The maximum Gasteiger partial charge on any atom is 0.349 e. The molecule has 1 amide bonds. The molecule has 0 saturated carbocycles. The Morgan fingerprint density at radius 1 is 0.946 bits per heavy atom. The second-order valence-electron chi connectivity index (χ2n) is 8.40. The van der Waals surface area contributed by atoms with Crippen molar-refractivity contribution < 1.29 is 17.6 Å². The molecule has 37 heavy (non-hydrogen) atoms. The summed E-state index contributed by atoms with van der Waals surface area (Å²) in [6.07, 6.45) is 0. The van der Waals surface area contributed by atoms with Gasteiger partial charge in [-0.05, 0) is 76.2 Å². The Bertz CT molecular complexity index is 1610. The standard InChI is InChI=1S/C26H27N5O5S/c1-5-31(6-2)20-10-7-18-14-22(25(33)36-23(18)15-20)24(32)29-19-8-11-21(12-9-19)37(34,35)30-26-27-16(3)13-17(4)28-26/h7-15H,5-6H2,1-4H3,(H,29,32)(H,27,28,30). The zero-order valence-electron chi connectivity index (χ0n) is 20.9. The van der Waals surface area contributed by atoms with Gasteiger partial charge in [0.1, 0.15) is 11.1 Å². The molecule has 0 atom stereocenters. The van der Waals surface area contributed by atoms with Crippen LogP contribution in [0.25, 0.3) is 11.0 Å². The van der Waals surface area contributed by atoms with E-state index < -0.39 is 21.6 Å². The number of nitrogens with one attached hydrogen (secondary N) is 2. The number of hydrogen-bond acceptors (Lipinski definition) is 8. The monoisotopic (exact) mass is 521 g/mol. The average molecular weight is 522 g/mol. The van der Waals surface area contributed by atoms with Crippen molar-refractivity contribution in [3.63, 3.8) is 0 Å². The number of aryl methyl sites for hydroxylation is 2. The maximum atomic E-state index is 12.8. The number of sulfonamides is 1.